The van der Waals surface area contributed by atoms with Gasteiger partial charge in [-0.25, -0.2) is 13.4 Å². The van der Waals surface area contributed by atoms with Crippen molar-refractivity contribution >= 4 is 15.9 Å². The Morgan fingerprint density at radius 1 is 1.07 bits per heavy atom. The van der Waals surface area contributed by atoms with E-state index < -0.39 is 10.0 Å². The fourth-order valence-corrected chi connectivity index (χ4v) is 5.96. The molecule has 7 nitrogen and oxygen atoms in total. The van der Waals surface area contributed by atoms with Crippen LogP contribution in [0.15, 0.2) is 41.6 Å². The molecule has 30 heavy (non-hydrogen) atoms. The predicted octanol–water partition coefficient (Wildman–Crippen LogP) is 2.78. The molecule has 1 aromatic carbocycles. The molecule has 1 aromatic heterocycles. The fourth-order valence-electron chi connectivity index (χ4n) is 4.45. The van der Waals surface area contributed by atoms with Crippen molar-refractivity contribution in [2.45, 2.75) is 50.5 Å². The zero-order valence-electron chi connectivity index (χ0n) is 17.5. The summed E-state index contributed by atoms with van der Waals surface area (Å²) < 4.78 is 29.1. The second kappa shape index (κ2) is 8.89. The maximum atomic E-state index is 12.9. The molecule has 1 amide bonds. The van der Waals surface area contributed by atoms with Gasteiger partial charge < -0.3 is 9.47 Å². The molecule has 2 saturated heterocycles. The third kappa shape index (κ3) is 4.30. The van der Waals surface area contributed by atoms with Gasteiger partial charge in [-0.3, -0.25) is 4.79 Å². The number of carbonyl (C=O) groups excluding carboxylic acids is 1. The summed E-state index contributed by atoms with van der Waals surface area (Å²) in [6.45, 7) is 5.69. The van der Waals surface area contributed by atoms with Crippen molar-refractivity contribution in [2.75, 3.05) is 26.2 Å². The van der Waals surface area contributed by atoms with Gasteiger partial charge in [0.15, 0.2) is 0 Å². The molecule has 2 aromatic rings. The molecular formula is C22H30N4O3S. The van der Waals surface area contributed by atoms with Gasteiger partial charge in [0.25, 0.3) is 5.91 Å². The Bertz CT molecular complexity index is 970. The van der Waals surface area contributed by atoms with Crippen molar-refractivity contribution < 1.29 is 13.2 Å². The Labute approximate surface area is 178 Å². The highest BCUT2D eigenvalue weighted by Gasteiger charge is 2.28. The molecule has 4 rings (SSSR count). The van der Waals surface area contributed by atoms with E-state index in [1.165, 1.54) is 4.31 Å². The van der Waals surface area contributed by atoms with Gasteiger partial charge in [0.2, 0.25) is 10.0 Å². The number of imidazole rings is 1. The first-order valence-corrected chi connectivity index (χ1v) is 12.3. The van der Waals surface area contributed by atoms with E-state index in [1.807, 2.05) is 17.3 Å². The number of hydrogen-bond donors (Lipinski definition) is 0. The molecule has 0 bridgehead atoms. The second-order valence-corrected chi connectivity index (χ2v) is 10.2. The standard InChI is InChI=1S/C22H30N4O3S/c1-2-21-23-11-16-25(21)17-18-9-14-24(15-10-18)22(27)19-5-7-20(8-6-19)30(28,29)26-12-3-4-13-26/h5-8,11,16,18H,2-4,9-10,12-15,17H2,1H3. The van der Waals surface area contributed by atoms with E-state index in [2.05, 4.69) is 16.5 Å². The fraction of sp³-hybridized carbons (Fsp3) is 0.545. The lowest BCUT2D eigenvalue weighted by Crippen LogP contribution is -2.39. The Kier molecular flexibility index (Phi) is 6.24. The predicted molar refractivity (Wildman–Crippen MR) is 115 cm³/mol. The van der Waals surface area contributed by atoms with E-state index >= 15 is 0 Å². The van der Waals surface area contributed by atoms with Crippen LogP contribution in [0.3, 0.4) is 0 Å². The van der Waals surface area contributed by atoms with Crippen molar-refractivity contribution in [3.8, 4) is 0 Å². The summed E-state index contributed by atoms with van der Waals surface area (Å²) in [4.78, 5) is 19.4. The number of rotatable bonds is 6. The lowest BCUT2D eigenvalue weighted by molar-refractivity contribution is 0.0682. The summed E-state index contributed by atoms with van der Waals surface area (Å²) in [6.07, 6.45) is 8.56. The average Bonchev–Trinajstić information content (AvgIpc) is 3.46. The third-order valence-corrected chi connectivity index (χ3v) is 8.19. The minimum Gasteiger partial charge on any atom is -0.339 e. The smallest absolute Gasteiger partial charge is 0.253 e. The highest BCUT2D eigenvalue weighted by Crippen LogP contribution is 2.24. The van der Waals surface area contributed by atoms with Gasteiger partial charge in [0.1, 0.15) is 5.82 Å². The summed E-state index contributed by atoms with van der Waals surface area (Å²) in [5.41, 5.74) is 0.553. The van der Waals surface area contributed by atoms with E-state index in [9.17, 15) is 13.2 Å². The quantitative estimate of drug-likeness (QED) is 0.706. The van der Waals surface area contributed by atoms with Crippen LogP contribution >= 0.6 is 0 Å². The molecule has 0 N–H and O–H groups in total. The van der Waals surface area contributed by atoms with Crippen LogP contribution in [0, 0.1) is 5.92 Å². The van der Waals surface area contributed by atoms with Gasteiger partial charge in [-0.1, -0.05) is 6.92 Å². The van der Waals surface area contributed by atoms with Gasteiger partial charge in [-0.05, 0) is 55.9 Å². The molecule has 162 valence electrons. The molecular weight excluding hydrogens is 400 g/mol. The molecule has 0 spiro atoms. The molecule has 0 saturated carbocycles. The molecule has 3 heterocycles. The first-order valence-electron chi connectivity index (χ1n) is 10.9. The number of nitrogens with zero attached hydrogens (tertiary/aromatic N) is 4. The lowest BCUT2D eigenvalue weighted by atomic mass is 9.96. The van der Waals surface area contributed by atoms with E-state index in [4.69, 9.17) is 0 Å². The number of aromatic nitrogens is 2. The first kappa shape index (κ1) is 21.1. The van der Waals surface area contributed by atoms with Crippen LogP contribution in [-0.4, -0.2) is 59.3 Å². The minimum absolute atomic E-state index is 0.0181. The molecule has 8 heteroatoms. The summed E-state index contributed by atoms with van der Waals surface area (Å²) in [5.74, 6) is 1.63. The summed E-state index contributed by atoms with van der Waals surface area (Å²) >= 11 is 0. The zero-order valence-corrected chi connectivity index (χ0v) is 18.4. The molecule has 0 atom stereocenters. The summed E-state index contributed by atoms with van der Waals surface area (Å²) in [6, 6.07) is 6.44. The van der Waals surface area contributed by atoms with Crippen molar-refractivity contribution in [3.63, 3.8) is 0 Å². The Morgan fingerprint density at radius 3 is 2.37 bits per heavy atom. The minimum atomic E-state index is -3.44. The Morgan fingerprint density at radius 2 is 1.73 bits per heavy atom. The van der Waals surface area contributed by atoms with Gasteiger partial charge in [-0.2, -0.15) is 4.31 Å². The van der Waals surface area contributed by atoms with Crippen LogP contribution in [-0.2, 0) is 23.0 Å². The van der Waals surface area contributed by atoms with E-state index in [-0.39, 0.29) is 10.8 Å². The number of likely N-dealkylation sites (tertiary alicyclic amines) is 1. The number of carbonyl (C=O) groups is 1. The van der Waals surface area contributed by atoms with E-state index in [0.717, 1.165) is 57.6 Å². The SMILES string of the molecule is CCc1nccn1CC1CCN(C(=O)c2ccc(S(=O)(=O)N3CCCC3)cc2)CC1. The van der Waals surface area contributed by atoms with Crippen molar-refractivity contribution in [1.82, 2.24) is 18.8 Å². The maximum absolute atomic E-state index is 12.9. The Balaban J connectivity index is 1.35. The number of benzene rings is 1. The molecule has 0 radical (unpaired) electrons. The topological polar surface area (TPSA) is 75.5 Å². The number of aryl methyl sites for hydroxylation is 1. The van der Waals surface area contributed by atoms with Crippen molar-refractivity contribution in [3.05, 3.63) is 48.0 Å². The summed E-state index contributed by atoms with van der Waals surface area (Å²) in [5, 5.41) is 0. The lowest BCUT2D eigenvalue weighted by Gasteiger charge is -2.32. The summed E-state index contributed by atoms with van der Waals surface area (Å²) in [7, 11) is -3.44. The number of hydrogen-bond acceptors (Lipinski definition) is 4. The molecule has 2 fully saturated rings. The van der Waals surface area contributed by atoms with Gasteiger partial charge in [0, 0.05) is 57.1 Å². The number of amides is 1. The van der Waals surface area contributed by atoms with Gasteiger partial charge >= 0.3 is 0 Å². The van der Waals surface area contributed by atoms with Gasteiger partial charge in [-0.15, -0.1) is 0 Å². The van der Waals surface area contributed by atoms with Crippen LogP contribution in [0.1, 0.15) is 48.8 Å². The van der Waals surface area contributed by atoms with E-state index in [1.54, 1.807) is 24.3 Å². The van der Waals surface area contributed by atoms with Crippen LogP contribution in [0.2, 0.25) is 0 Å². The normalized spacial score (nSPS) is 18.8. The largest absolute Gasteiger partial charge is 0.339 e. The molecule has 0 unspecified atom stereocenters. The van der Waals surface area contributed by atoms with Crippen molar-refractivity contribution in [2.24, 2.45) is 5.92 Å². The average molecular weight is 431 g/mol. The van der Waals surface area contributed by atoms with Crippen LogP contribution in [0.5, 0.6) is 0 Å². The highest BCUT2D eigenvalue weighted by molar-refractivity contribution is 7.89. The molecule has 2 aliphatic rings. The van der Waals surface area contributed by atoms with Crippen LogP contribution < -0.4 is 0 Å². The van der Waals surface area contributed by atoms with Crippen LogP contribution in [0.25, 0.3) is 0 Å². The monoisotopic (exact) mass is 430 g/mol. The number of piperidine rings is 1. The third-order valence-electron chi connectivity index (χ3n) is 6.28. The van der Waals surface area contributed by atoms with Crippen molar-refractivity contribution in [1.29, 1.82) is 0 Å². The molecule has 2 aliphatic heterocycles. The van der Waals surface area contributed by atoms with E-state index in [0.29, 0.717) is 24.6 Å². The highest BCUT2D eigenvalue weighted by atomic mass is 32.2. The maximum Gasteiger partial charge on any atom is 0.253 e. The van der Waals surface area contributed by atoms with Gasteiger partial charge in [0.05, 0.1) is 4.90 Å². The Hall–Kier alpha value is -2.19. The number of sulfonamides is 1. The zero-order chi connectivity index (χ0) is 21.1. The second-order valence-electron chi connectivity index (χ2n) is 8.22. The molecule has 0 aliphatic carbocycles. The first-order chi connectivity index (χ1) is 14.5. The van der Waals surface area contributed by atoms with Crippen LogP contribution in [0.4, 0.5) is 0 Å².